The van der Waals surface area contributed by atoms with Gasteiger partial charge >= 0.3 is 5.97 Å². The number of nitrogens with one attached hydrogen (secondary N) is 1. The van der Waals surface area contributed by atoms with E-state index >= 15 is 0 Å². The van der Waals surface area contributed by atoms with Crippen LogP contribution in [0.3, 0.4) is 0 Å². The summed E-state index contributed by atoms with van der Waals surface area (Å²) < 4.78 is 17.8. The number of fused-ring (bicyclic) bond motifs is 1. The maximum Gasteiger partial charge on any atom is 0.338 e. The van der Waals surface area contributed by atoms with Gasteiger partial charge in [-0.15, -0.1) is 5.10 Å². The Morgan fingerprint density at radius 3 is 2.59 bits per heavy atom. The number of methoxy groups -OCH3 is 3. The number of hydrogen-bond donors (Lipinski definition) is 1. The average Bonchev–Trinajstić information content (AvgIpc) is 3.24. The van der Waals surface area contributed by atoms with Crippen LogP contribution in [0.15, 0.2) is 65.0 Å². The summed E-state index contributed by atoms with van der Waals surface area (Å²) >= 11 is 1.52. The van der Waals surface area contributed by atoms with Gasteiger partial charge in [0.25, 0.3) is 0 Å². The standard InChI is InChI=1S/C23H24N4O4S/c1-14-19(21(28)31-4)20(17-12-16(29-2)10-11-18(17)30-3)27-22(24-14)25-23(26-27)32-13-15-8-6-5-7-9-15/h5-12,20H,13H2,1-4H3,(H,24,25,26). The van der Waals surface area contributed by atoms with Crippen LogP contribution in [0, 0.1) is 0 Å². The number of hydrogen-bond acceptors (Lipinski definition) is 8. The summed E-state index contributed by atoms with van der Waals surface area (Å²) in [6.07, 6.45) is 0. The number of carbonyl (C=O) groups is 1. The van der Waals surface area contributed by atoms with Crippen molar-refractivity contribution in [2.75, 3.05) is 26.6 Å². The van der Waals surface area contributed by atoms with Crippen molar-refractivity contribution in [2.45, 2.75) is 23.9 Å². The predicted molar refractivity (Wildman–Crippen MR) is 122 cm³/mol. The molecule has 0 saturated heterocycles. The fourth-order valence-electron chi connectivity index (χ4n) is 3.63. The molecule has 9 heteroatoms. The van der Waals surface area contributed by atoms with Gasteiger partial charge in [-0.05, 0) is 30.7 Å². The SMILES string of the molecule is COC(=O)C1=C(C)Nc2nc(SCc3ccccc3)nn2C1c1cc(OC)ccc1OC. The molecule has 1 aliphatic heterocycles. The smallest absolute Gasteiger partial charge is 0.338 e. The van der Waals surface area contributed by atoms with Gasteiger partial charge in [0.2, 0.25) is 11.1 Å². The third-order valence-corrected chi connectivity index (χ3v) is 6.09. The molecule has 0 aliphatic carbocycles. The van der Waals surface area contributed by atoms with Crippen LogP contribution in [0.25, 0.3) is 0 Å². The molecular formula is C23H24N4O4S. The van der Waals surface area contributed by atoms with Crippen LogP contribution in [0.5, 0.6) is 11.5 Å². The first kappa shape index (κ1) is 21.8. The fraction of sp³-hybridized carbons (Fsp3) is 0.261. The second-order valence-corrected chi connectivity index (χ2v) is 8.05. The zero-order valence-corrected chi connectivity index (χ0v) is 19.1. The maximum atomic E-state index is 12.8. The van der Waals surface area contributed by atoms with Crippen molar-refractivity contribution in [3.05, 3.63) is 70.9 Å². The van der Waals surface area contributed by atoms with Crippen LogP contribution in [0.4, 0.5) is 5.95 Å². The van der Waals surface area contributed by atoms with Gasteiger partial charge in [0.1, 0.15) is 17.5 Å². The summed E-state index contributed by atoms with van der Waals surface area (Å²) in [6, 6.07) is 15.0. The normalized spacial score (nSPS) is 15.1. The highest BCUT2D eigenvalue weighted by Gasteiger charge is 2.36. The number of aromatic nitrogens is 3. The van der Waals surface area contributed by atoms with Crippen LogP contribution in [-0.4, -0.2) is 42.1 Å². The molecule has 1 atom stereocenters. The van der Waals surface area contributed by atoms with Crippen LogP contribution in [0.2, 0.25) is 0 Å². The van der Waals surface area contributed by atoms with Crippen LogP contribution < -0.4 is 14.8 Å². The van der Waals surface area contributed by atoms with Crippen molar-refractivity contribution in [1.82, 2.24) is 14.8 Å². The molecule has 0 fully saturated rings. The molecule has 8 nitrogen and oxygen atoms in total. The number of ether oxygens (including phenoxy) is 3. The lowest BCUT2D eigenvalue weighted by atomic mass is 9.94. The molecule has 1 unspecified atom stereocenters. The first-order valence-electron chi connectivity index (χ1n) is 9.97. The quantitative estimate of drug-likeness (QED) is 0.424. The number of anilines is 1. The first-order valence-corrected chi connectivity index (χ1v) is 11.0. The number of thioether (sulfide) groups is 1. The molecule has 1 N–H and O–H groups in total. The molecule has 1 aromatic heterocycles. The van der Waals surface area contributed by atoms with E-state index in [0.29, 0.717) is 33.9 Å². The molecule has 166 valence electrons. The Kier molecular flexibility index (Phi) is 6.36. The Hall–Kier alpha value is -3.46. The van der Waals surface area contributed by atoms with Gasteiger partial charge in [-0.25, -0.2) is 9.48 Å². The first-order chi connectivity index (χ1) is 15.5. The highest BCUT2D eigenvalue weighted by atomic mass is 32.2. The fourth-order valence-corrected chi connectivity index (χ4v) is 4.41. The Labute approximate surface area is 190 Å². The summed E-state index contributed by atoms with van der Waals surface area (Å²) in [5, 5.41) is 8.52. The summed E-state index contributed by atoms with van der Waals surface area (Å²) in [5.74, 6) is 2.06. The van der Waals surface area contributed by atoms with Gasteiger partial charge in [0.15, 0.2) is 0 Å². The van der Waals surface area contributed by atoms with Crippen molar-refractivity contribution < 1.29 is 19.0 Å². The molecule has 1 aliphatic rings. The average molecular weight is 453 g/mol. The lowest BCUT2D eigenvalue weighted by Crippen LogP contribution is -2.29. The van der Waals surface area contributed by atoms with E-state index < -0.39 is 12.0 Å². The van der Waals surface area contributed by atoms with E-state index in [0.717, 1.165) is 11.3 Å². The lowest BCUT2D eigenvalue weighted by molar-refractivity contribution is -0.136. The van der Waals surface area contributed by atoms with E-state index in [2.05, 4.69) is 22.4 Å². The van der Waals surface area contributed by atoms with Crippen LogP contribution in [0.1, 0.15) is 24.1 Å². The maximum absolute atomic E-state index is 12.8. The third kappa shape index (κ3) is 4.16. The molecule has 2 heterocycles. The van der Waals surface area contributed by atoms with E-state index in [1.165, 1.54) is 24.4 Å². The van der Waals surface area contributed by atoms with Crippen molar-refractivity contribution in [3.63, 3.8) is 0 Å². The van der Waals surface area contributed by atoms with E-state index in [1.54, 1.807) is 25.0 Å². The second kappa shape index (κ2) is 9.35. The highest BCUT2D eigenvalue weighted by molar-refractivity contribution is 7.98. The molecule has 2 aromatic carbocycles. The third-order valence-electron chi connectivity index (χ3n) is 5.18. The Bertz CT molecular complexity index is 1160. The lowest BCUT2D eigenvalue weighted by Gasteiger charge is -2.28. The van der Waals surface area contributed by atoms with Crippen molar-refractivity contribution in [2.24, 2.45) is 0 Å². The van der Waals surface area contributed by atoms with Gasteiger partial charge in [-0.1, -0.05) is 42.1 Å². The Morgan fingerprint density at radius 2 is 1.91 bits per heavy atom. The van der Waals surface area contributed by atoms with Crippen LogP contribution >= 0.6 is 11.8 Å². The minimum atomic E-state index is -0.595. The Morgan fingerprint density at radius 1 is 1.12 bits per heavy atom. The summed E-state index contributed by atoms with van der Waals surface area (Å²) in [5.41, 5.74) is 2.97. The zero-order chi connectivity index (χ0) is 22.7. The van der Waals surface area contributed by atoms with E-state index in [-0.39, 0.29) is 0 Å². The van der Waals surface area contributed by atoms with Crippen molar-refractivity contribution in [3.8, 4) is 11.5 Å². The van der Waals surface area contributed by atoms with E-state index in [9.17, 15) is 4.79 Å². The van der Waals surface area contributed by atoms with Crippen LogP contribution in [-0.2, 0) is 15.3 Å². The second-order valence-electron chi connectivity index (χ2n) is 7.10. The van der Waals surface area contributed by atoms with Crippen molar-refractivity contribution in [1.29, 1.82) is 0 Å². The number of rotatable bonds is 7. The molecule has 32 heavy (non-hydrogen) atoms. The number of esters is 1. The van der Waals surface area contributed by atoms with Gasteiger partial charge in [-0.2, -0.15) is 4.98 Å². The number of carbonyl (C=O) groups excluding carboxylic acids is 1. The number of benzene rings is 2. The number of nitrogens with zero attached hydrogens (tertiary/aromatic N) is 3. The summed E-state index contributed by atoms with van der Waals surface area (Å²) in [4.78, 5) is 17.4. The molecule has 0 spiro atoms. The van der Waals surface area contributed by atoms with E-state index in [4.69, 9.17) is 19.3 Å². The minimum absolute atomic E-state index is 0.427. The van der Waals surface area contributed by atoms with Gasteiger partial charge in [0, 0.05) is 17.0 Å². The number of allylic oxidation sites excluding steroid dienone is 1. The molecule has 0 radical (unpaired) electrons. The van der Waals surface area contributed by atoms with E-state index in [1.807, 2.05) is 37.3 Å². The monoisotopic (exact) mass is 452 g/mol. The molecule has 3 aromatic rings. The largest absolute Gasteiger partial charge is 0.497 e. The zero-order valence-electron chi connectivity index (χ0n) is 18.3. The Balaban J connectivity index is 1.78. The van der Waals surface area contributed by atoms with Crippen molar-refractivity contribution >= 4 is 23.7 Å². The van der Waals surface area contributed by atoms with Gasteiger partial charge in [0.05, 0.1) is 26.9 Å². The predicted octanol–water partition coefficient (Wildman–Crippen LogP) is 4.05. The molecular weight excluding hydrogens is 428 g/mol. The molecule has 0 saturated carbocycles. The molecule has 0 amide bonds. The van der Waals surface area contributed by atoms with Gasteiger partial charge < -0.3 is 19.5 Å². The minimum Gasteiger partial charge on any atom is -0.497 e. The van der Waals surface area contributed by atoms with Gasteiger partial charge in [-0.3, -0.25) is 0 Å². The topological polar surface area (TPSA) is 87.5 Å². The highest BCUT2D eigenvalue weighted by Crippen LogP contribution is 2.41. The molecule has 0 bridgehead atoms. The molecule has 4 rings (SSSR count). The summed E-state index contributed by atoms with van der Waals surface area (Å²) in [7, 11) is 4.54. The summed E-state index contributed by atoms with van der Waals surface area (Å²) in [6.45, 7) is 1.82.